The minimum atomic E-state index is -1.07. The largest absolute Gasteiger partial charge is 0.497 e. The van der Waals surface area contributed by atoms with Crippen molar-refractivity contribution in [1.82, 2.24) is 4.98 Å². The van der Waals surface area contributed by atoms with Crippen LogP contribution >= 0.6 is 0 Å². The monoisotopic (exact) mass is 491 g/mol. The number of carbonyl (C=O) groups is 2. The Labute approximate surface area is 214 Å². The van der Waals surface area contributed by atoms with E-state index in [0.717, 1.165) is 11.1 Å². The van der Waals surface area contributed by atoms with Crippen LogP contribution in [0.15, 0.2) is 120 Å². The molecule has 4 aromatic rings. The molecule has 0 saturated carbocycles. The summed E-state index contributed by atoms with van der Waals surface area (Å²) in [5.41, 5.74) is 3.67. The Kier molecular flexibility index (Phi) is 8.18. The highest BCUT2D eigenvalue weighted by Gasteiger charge is 2.16. The minimum absolute atomic E-state index is 0.119. The lowest BCUT2D eigenvalue weighted by Gasteiger charge is -2.13. The van der Waals surface area contributed by atoms with Crippen molar-refractivity contribution in [3.63, 3.8) is 0 Å². The molecule has 0 fully saturated rings. The van der Waals surface area contributed by atoms with Gasteiger partial charge in [0.05, 0.1) is 24.1 Å². The van der Waals surface area contributed by atoms with Gasteiger partial charge in [-0.3, -0.25) is 14.8 Å². The molecule has 0 atom stereocenters. The Morgan fingerprint density at radius 2 is 1.62 bits per heavy atom. The number of hydrogen-bond donors (Lipinski definition) is 2. The number of pyridine rings is 1. The zero-order chi connectivity index (χ0) is 26.0. The van der Waals surface area contributed by atoms with Gasteiger partial charge in [-0.15, -0.1) is 0 Å². The Hall–Kier alpha value is -5.04. The highest BCUT2D eigenvalue weighted by molar-refractivity contribution is 6.18. The maximum atomic E-state index is 12.8. The number of carbonyl (C=O) groups excluding carboxylic acids is 1. The third kappa shape index (κ3) is 6.55. The first-order chi connectivity index (χ1) is 18.0. The molecule has 0 aliphatic heterocycles. The van der Waals surface area contributed by atoms with Gasteiger partial charge in [-0.05, 0) is 35.9 Å². The Balaban J connectivity index is 1.73. The van der Waals surface area contributed by atoms with Crippen LogP contribution in [0.5, 0.6) is 5.75 Å². The molecule has 0 aliphatic carbocycles. The lowest BCUT2D eigenvalue weighted by molar-refractivity contribution is -0.132. The van der Waals surface area contributed by atoms with Gasteiger partial charge in [0.15, 0.2) is 0 Å². The zero-order valence-corrected chi connectivity index (χ0v) is 20.2. The first-order valence-electron chi connectivity index (χ1n) is 11.6. The standard InChI is InChI=1S/C30H25N3O4/c1-37-24-16-14-21(15-17-24)19-23(30(35)36)20-32-28(22-9-3-2-4-10-22)25-11-5-6-12-26(25)33-29(34)27-13-7-8-18-31-27/h2-18,20H,19H2,1H3,(H,33,34)(H,35,36)/b23-20-,32-28?. The molecule has 1 aromatic heterocycles. The Morgan fingerprint density at radius 1 is 0.919 bits per heavy atom. The summed E-state index contributed by atoms with van der Waals surface area (Å²) in [4.78, 5) is 33.6. The van der Waals surface area contributed by atoms with Crippen LogP contribution in [0, 0.1) is 0 Å². The van der Waals surface area contributed by atoms with Gasteiger partial charge in [-0.2, -0.15) is 0 Å². The van der Waals surface area contributed by atoms with Crippen LogP contribution in [0.4, 0.5) is 5.69 Å². The fourth-order valence-corrected chi connectivity index (χ4v) is 3.66. The van der Waals surface area contributed by atoms with Gasteiger partial charge in [0, 0.05) is 29.9 Å². The number of nitrogens with one attached hydrogen (secondary N) is 1. The van der Waals surface area contributed by atoms with Crippen LogP contribution in [0.3, 0.4) is 0 Å². The van der Waals surface area contributed by atoms with Gasteiger partial charge < -0.3 is 15.2 Å². The van der Waals surface area contributed by atoms with Crippen molar-refractivity contribution >= 4 is 23.3 Å². The number of aromatic nitrogens is 1. The summed E-state index contributed by atoms with van der Waals surface area (Å²) in [6.45, 7) is 0. The van der Waals surface area contributed by atoms with Crippen LogP contribution in [0.1, 0.15) is 27.2 Å². The summed E-state index contributed by atoms with van der Waals surface area (Å²) in [5, 5.41) is 12.8. The number of methoxy groups -OCH3 is 1. The molecule has 37 heavy (non-hydrogen) atoms. The molecule has 0 saturated heterocycles. The molecule has 0 spiro atoms. The van der Waals surface area contributed by atoms with Crippen LogP contribution in [0.2, 0.25) is 0 Å². The summed E-state index contributed by atoms with van der Waals surface area (Å²) in [5.74, 6) is -0.733. The van der Waals surface area contributed by atoms with Crippen molar-refractivity contribution < 1.29 is 19.4 Å². The number of carboxylic acid groups (broad SMARTS) is 1. The Morgan fingerprint density at radius 3 is 2.30 bits per heavy atom. The molecule has 7 heteroatoms. The van der Waals surface area contributed by atoms with Gasteiger partial charge in [-0.25, -0.2) is 4.79 Å². The molecule has 3 aromatic carbocycles. The molecule has 0 bridgehead atoms. The van der Waals surface area contributed by atoms with Crippen molar-refractivity contribution in [2.24, 2.45) is 4.99 Å². The molecule has 0 aliphatic rings. The second-order valence-corrected chi connectivity index (χ2v) is 8.04. The summed E-state index contributed by atoms with van der Waals surface area (Å²) >= 11 is 0. The molecule has 4 rings (SSSR count). The van der Waals surface area contributed by atoms with Gasteiger partial charge in [0.1, 0.15) is 11.4 Å². The van der Waals surface area contributed by atoms with Crippen molar-refractivity contribution in [3.05, 3.63) is 137 Å². The topological polar surface area (TPSA) is 101 Å². The molecular formula is C30H25N3O4. The summed E-state index contributed by atoms with van der Waals surface area (Å²) in [6, 6.07) is 29.0. The molecule has 184 valence electrons. The predicted octanol–water partition coefficient (Wildman–Crippen LogP) is 5.39. The molecule has 2 N–H and O–H groups in total. The number of aliphatic imine (C=N–C) groups is 1. The van der Waals surface area contributed by atoms with Crippen LogP contribution in [-0.2, 0) is 11.2 Å². The molecule has 0 radical (unpaired) electrons. The molecule has 7 nitrogen and oxygen atoms in total. The smallest absolute Gasteiger partial charge is 0.333 e. The fraction of sp³-hybridized carbons (Fsp3) is 0.0667. The van der Waals surface area contributed by atoms with E-state index in [1.807, 2.05) is 60.7 Å². The number of benzene rings is 3. The summed E-state index contributed by atoms with van der Waals surface area (Å²) in [7, 11) is 1.58. The second-order valence-electron chi connectivity index (χ2n) is 8.04. The van der Waals surface area contributed by atoms with E-state index in [0.29, 0.717) is 22.7 Å². The zero-order valence-electron chi connectivity index (χ0n) is 20.2. The SMILES string of the molecule is COc1ccc(C/C(=C/N=C(c2ccccc2)c2ccccc2NC(=O)c2ccccn2)C(=O)O)cc1. The maximum Gasteiger partial charge on any atom is 0.333 e. The Bertz CT molecular complexity index is 1430. The predicted molar refractivity (Wildman–Crippen MR) is 143 cm³/mol. The maximum absolute atomic E-state index is 12.8. The number of rotatable bonds is 9. The van der Waals surface area contributed by atoms with Gasteiger partial charge >= 0.3 is 5.97 Å². The van der Waals surface area contributed by atoms with E-state index in [1.54, 1.807) is 49.7 Å². The second kappa shape index (κ2) is 12.1. The van der Waals surface area contributed by atoms with Crippen molar-refractivity contribution in [3.8, 4) is 5.75 Å². The van der Waals surface area contributed by atoms with Crippen LogP contribution in [0.25, 0.3) is 0 Å². The van der Waals surface area contributed by atoms with Crippen molar-refractivity contribution in [1.29, 1.82) is 0 Å². The summed E-state index contributed by atoms with van der Waals surface area (Å²) < 4.78 is 5.18. The van der Waals surface area contributed by atoms with Gasteiger partial charge in [0.25, 0.3) is 5.91 Å². The van der Waals surface area contributed by atoms with Crippen molar-refractivity contribution in [2.45, 2.75) is 6.42 Å². The van der Waals surface area contributed by atoms with E-state index < -0.39 is 5.97 Å². The number of anilines is 1. The third-order valence-corrected chi connectivity index (χ3v) is 5.55. The first-order valence-corrected chi connectivity index (χ1v) is 11.6. The van der Waals surface area contributed by atoms with E-state index in [1.165, 1.54) is 6.20 Å². The van der Waals surface area contributed by atoms with Gasteiger partial charge in [-0.1, -0.05) is 66.7 Å². The highest BCUT2D eigenvalue weighted by Crippen LogP contribution is 2.22. The number of amides is 1. The fourth-order valence-electron chi connectivity index (χ4n) is 3.66. The van der Waals surface area contributed by atoms with Crippen LogP contribution < -0.4 is 10.1 Å². The number of para-hydroxylation sites is 1. The van der Waals surface area contributed by atoms with Gasteiger partial charge in [0.2, 0.25) is 0 Å². The average Bonchev–Trinajstić information content (AvgIpc) is 2.94. The minimum Gasteiger partial charge on any atom is -0.497 e. The molecule has 1 heterocycles. The number of aliphatic carboxylic acids is 1. The number of hydrogen-bond acceptors (Lipinski definition) is 5. The van der Waals surface area contributed by atoms with E-state index in [-0.39, 0.29) is 23.6 Å². The van der Waals surface area contributed by atoms with Crippen molar-refractivity contribution in [2.75, 3.05) is 12.4 Å². The summed E-state index contributed by atoms with van der Waals surface area (Å²) in [6.07, 6.45) is 3.11. The molecule has 1 amide bonds. The third-order valence-electron chi connectivity index (χ3n) is 5.55. The normalized spacial score (nSPS) is 11.6. The molecular weight excluding hydrogens is 466 g/mol. The number of carboxylic acids is 1. The highest BCUT2D eigenvalue weighted by atomic mass is 16.5. The van der Waals surface area contributed by atoms with E-state index in [9.17, 15) is 14.7 Å². The van der Waals surface area contributed by atoms with E-state index in [2.05, 4.69) is 15.3 Å². The first kappa shape index (κ1) is 25.1. The quantitative estimate of drug-likeness (QED) is 0.241. The van der Waals surface area contributed by atoms with E-state index in [4.69, 9.17) is 4.74 Å². The molecule has 0 unspecified atom stereocenters. The number of ether oxygens (including phenoxy) is 1. The lowest BCUT2D eigenvalue weighted by atomic mass is 10.00. The van der Waals surface area contributed by atoms with E-state index >= 15 is 0 Å². The van der Waals surface area contributed by atoms with Crippen LogP contribution in [-0.4, -0.2) is 34.8 Å². The lowest BCUT2D eigenvalue weighted by Crippen LogP contribution is -2.16. The number of nitrogens with zero attached hydrogens (tertiary/aromatic N) is 2. The average molecular weight is 492 g/mol.